The van der Waals surface area contributed by atoms with E-state index in [1.165, 1.54) is 5.56 Å². The molecule has 1 aliphatic rings. The van der Waals surface area contributed by atoms with Gasteiger partial charge in [-0.05, 0) is 31.4 Å². The van der Waals surface area contributed by atoms with Gasteiger partial charge in [-0.3, -0.25) is 0 Å². The van der Waals surface area contributed by atoms with Crippen molar-refractivity contribution in [3.05, 3.63) is 66.2 Å². The lowest BCUT2D eigenvalue weighted by Gasteiger charge is -2.24. The maximum atomic E-state index is 10.3. The Hall–Kier alpha value is -2.13. The topological polar surface area (TPSA) is 46.5 Å². The van der Waals surface area contributed by atoms with Crippen LogP contribution < -0.4 is 4.74 Å². The SMILES string of the molecule is CCO.O=CCC1CCc2ccccc2O1.c1ccccc1. The number of ether oxygens (including phenoxy) is 1. The molecule has 0 saturated heterocycles. The largest absolute Gasteiger partial charge is 0.490 e. The highest BCUT2D eigenvalue weighted by Gasteiger charge is 2.18. The van der Waals surface area contributed by atoms with Crippen LogP contribution in [0, 0.1) is 0 Å². The number of para-hydroxylation sites is 1. The van der Waals surface area contributed by atoms with E-state index in [0.29, 0.717) is 6.42 Å². The van der Waals surface area contributed by atoms with Gasteiger partial charge in [-0.1, -0.05) is 54.6 Å². The quantitative estimate of drug-likeness (QED) is 0.861. The summed E-state index contributed by atoms with van der Waals surface area (Å²) < 4.78 is 5.64. The van der Waals surface area contributed by atoms with Crippen LogP contribution in [0.2, 0.25) is 0 Å². The Kier molecular flexibility index (Phi) is 9.38. The van der Waals surface area contributed by atoms with Gasteiger partial charge in [0.2, 0.25) is 0 Å². The van der Waals surface area contributed by atoms with Crippen LogP contribution in [-0.4, -0.2) is 24.1 Å². The maximum Gasteiger partial charge on any atom is 0.123 e. The van der Waals surface area contributed by atoms with Crippen molar-refractivity contribution in [2.75, 3.05) is 6.61 Å². The second kappa shape index (κ2) is 11.5. The minimum atomic E-state index is 0.0902. The van der Waals surface area contributed by atoms with Crippen molar-refractivity contribution in [2.45, 2.75) is 32.3 Å². The van der Waals surface area contributed by atoms with Gasteiger partial charge in [0.1, 0.15) is 18.1 Å². The number of aliphatic hydroxyl groups excluding tert-OH is 1. The molecule has 0 bridgehead atoms. The number of aliphatic hydroxyl groups is 1. The molecule has 0 radical (unpaired) electrons. The molecule has 0 spiro atoms. The maximum absolute atomic E-state index is 10.3. The number of hydrogen-bond acceptors (Lipinski definition) is 3. The molecule has 0 amide bonds. The first kappa shape index (κ1) is 17.9. The molecule has 0 aromatic heterocycles. The molecule has 1 N–H and O–H groups in total. The van der Waals surface area contributed by atoms with E-state index in [-0.39, 0.29) is 12.7 Å². The van der Waals surface area contributed by atoms with E-state index >= 15 is 0 Å². The lowest BCUT2D eigenvalue weighted by atomic mass is 10.0. The number of aryl methyl sites for hydroxylation is 1. The lowest BCUT2D eigenvalue weighted by molar-refractivity contribution is -0.109. The summed E-state index contributed by atoms with van der Waals surface area (Å²) in [5.74, 6) is 0.945. The molecule has 1 atom stereocenters. The zero-order valence-electron chi connectivity index (χ0n) is 13.0. The molecule has 2 aromatic carbocycles. The van der Waals surface area contributed by atoms with Crippen LogP contribution in [0.3, 0.4) is 0 Å². The van der Waals surface area contributed by atoms with Crippen molar-refractivity contribution in [1.82, 2.24) is 0 Å². The van der Waals surface area contributed by atoms with E-state index in [4.69, 9.17) is 9.84 Å². The molecule has 3 heteroatoms. The van der Waals surface area contributed by atoms with Crippen molar-refractivity contribution in [3.63, 3.8) is 0 Å². The molecule has 1 heterocycles. The first-order valence-corrected chi connectivity index (χ1v) is 7.60. The van der Waals surface area contributed by atoms with Gasteiger partial charge in [-0.15, -0.1) is 0 Å². The Morgan fingerprint density at radius 1 is 1.09 bits per heavy atom. The minimum absolute atomic E-state index is 0.0902. The summed E-state index contributed by atoms with van der Waals surface area (Å²) >= 11 is 0. The second-order valence-corrected chi connectivity index (χ2v) is 4.76. The third kappa shape index (κ3) is 7.04. The Morgan fingerprint density at radius 3 is 2.18 bits per heavy atom. The van der Waals surface area contributed by atoms with E-state index in [0.717, 1.165) is 24.9 Å². The average Bonchev–Trinajstić information content (AvgIpc) is 2.58. The Bertz CT molecular complexity index is 484. The highest BCUT2D eigenvalue weighted by Crippen LogP contribution is 2.27. The van der Waals surface area contributed by atoms with Crippen LogP contribution in [0.25, 0.3) is 0 Å². The highest BCUT2D eigenvalue weighted by molar-refractivity contribution is 5.50. The monoisotopic (exact) mass is 300 g/mol. The van der Waals surface area contributed by atoms with Crippen LogP contribution in [0.1, 0.15) is 25.3 Å². The minimum Gasteiger partial charge on any atom is -0.490 e. The third-order valence-corrected chi connectivity index (χ3v) is 3.03. The molecule has 3 rings (SSSR count). The van der Waals surface area contributed by atoms with E-state index in [1.807, 2.05) is 54.6 Å². The summed E-state index contributed by atoms with van der Waals surface area (Å²) in [6.07, 6.45) is 3.50. The van der Waals surface area contributed by atoms with E-state index in [2.05, 4.69) is 6.07 Å². The molecule has 1 unspecified atom stereocenters. The van der Waals surface area contributed by atoms with Crippen LogP contribution in [0.4, 0.5) is 0 Å². The fourth-order valence-corrected chi connectivity index (χ4v) is 2.04. The molecule has 22 heavy (non-hydrogen) atoms. The van der Waals surface area contributed by atoms with Crippen LogP contribution in [-0.2, 0) is 11.2 Å². The van der Waals surface area contributed by atoms with Crippen molar-refractivity contribution >= 4 is 6.29 Å². The van der Waals surface area contributed by atoms with Crippen molar-refractivity contribution in [2.24, 2.45) is 0 Å². The van der Waals surface area contributed by atoms with Gasteiger partial charge in [-0.25, -0.2) is 0 Å². The molecule has 118 valence electrons. The predicted octanol–water partition coefficient (Wildman–Crippen LogP) is 3.65. The smallest absolute Gasteiger partial charge is 0.123 e. The molecule has 0 saturated carbocycles. The number of carbonyl (C=O) groups is 1. The van der Waals surface area contributed by atoms with E-state index < -0.39 is 0 Å². The molecule has 0 fully saturated rings. The van der Waals surface area contributed by atoms with E-state index in [1.54, 1.807) is 6.92 Å². The van der Waals surface area contributed by atoms with Crippen molar-refractivity contribution in [1.29, 1.82) is 0 Å². The van der Waals surface area contributed by atoms with Crippen LogP contribution in [0.15, 0.2) is 60.7 Å². The fourth-order valence-electron chi connectivity index (χ4n) is 2.04. The zero-order chi connectivity index (χ0) is 16.0. The zero-order valence-corrected chi connectivity index (χ0v) is 13.0. The van der Waals surface area contributed by atoms with Crippen LogP contribution in [0.5, 0.6) is 5.75 Å². The molecule has 2 aromatic rings. The van der Waals surface area contributed by atoms with Gasteiger partial charge in [0.15, 0.2) is 0 Å². The van der Waals surface area contributed by atoms with Gasteiger partial charge in [0.25, 0.3) is 0 Å². The number of rotatable bonds is 2. The van der Waals surface area contributed by atoms with Gasteiger partial charge in [0.05, 0.1) is 0 Å². The highest BCUT2D eigenvalue weighted by atomic mass is 16.5. The average molecular weight is 300 g/mol. The normalized spacial score (nSPS) is 14.9. The van der Waals surface area contributed by atoms with Crippen molar-refractivity contribution < 1.29 is 14.6 Å². The summed E-state index contributed by atoms with van der Waals surface area (Å²) in [6, 6.07) is 20.0. The van der Waals surface area contributed by atoms with Gasteiger partial charge in [0, 0.05) is 13.0 Å². The molecule has 1 aliphatic heterocycles. The number of fused-ring (bicyclic) bond motifs is 1. The number of hydrogen-bond donors (Lipinski definition) is 1. The van der Waals surface area contributed by atoms with E-state index in [9.17, 15) is 4.79 Å². The first-order valence-electron chi connectivity index (χ1n) is 7.60. The Labute approximate surface area is 132 Å². The second-order valence-electron chi connectivity index (χ2n) is 4.76. The summed E-state index contributed by atoms with van der Waals surface area (Å²) in [7, 11) is 0. The molecule has 3 nitrogen and oxygen atoms in total. The summed E-state index contributed by atoms with van der Waals surface area (Å²) in [4.78, 5) is 10.3. The van der Waals surface area contributed by atoms with Gasteiger partial charge < -0.3 is 14.6 Å². The number of carbonyl (C=O) groups excluding carboxylic acids is 1. The summed E-state index contributed by atoms with van der Waals surface area (Å²) in [5.41, 5.74) is 1.25. The standard InChI is InChI=1S/C11H12O2.C6H6.C2H6O/c12-8-7-10-6-5-9-3-1-2-4-11(9)13-10;1-2-4-6-5-3-1;1-2-3/h1-4,8,10H,5-7H2;1-6H;3H,2H2,1H3. The van der Waals surface area contributed by atoms with Crippen molar-refractivity contribution in [3.8, 4) is 5.75 Å². The molecular weight excluding hydrogens is 276 g/mol. The van der Waals surface area contributed by atoms with Gasteiger partial charge >= 0.3 is 0 Å². The summed E-state index contributed by atoms with van der Waals surface area (Å²) in [5, 5.41) is 7.57. The summed E-state index contributed by atoms with van der Waals surface area (Å²) in [6.45, 7) is 1.93. The molecular formula is C19H24O3. The Morgan fingerprint density at radius 2 is 1.64 bits per heavy atom. The number of aldehydes is 1. The first-order chi connectivity index (χ1) is 10.8. The number of benzene rings is 2. The lowest BCUT2D eigenvalue weighted by Crippen LogP contribution is -2.22. The van der Waals surface area contributed by atoms with Gasteiger partial charge in [-0.2, -0.15) is 0 Å². The van der Waals surface area contributed by atoms with Crippen LogP contribution >= 0.6 is 0 Å². The predicted molar refractivity (Wildman–Crippen MR) is 89.1 cm³/mol. The Balaban J connectivity index is 0.000000224. The third-order valence-electron chi connectivity index (χ3n) is 3.03. The fraction of sp³-hybridized carbons (Fsp3) is 0.316. The molecule has 0 aliphatic carbocycles.